The smallest absolute Gasteiger partial charge is 0.165 e. The van der Waals surface area contributed by atoms with Crippen molar-refractivity contribution >= 4 is 15.9 Å². The van der Waals surface area contributed by atoms with Gasteiger partial charge in [0.2, 0.25) is 0 Å². The van der Waals surface area contributed by atoms with Crippen molar-refractivity contribution in [2.24, 2.45) is 5.73 Å². The van der Waals surface area contributed by atoms with Gasteiger partial charge in [0.05, 0.1) is 0 Å². The number of ether oxygens (including phenoxy) is 1. The first-order valence-electron chi connectivity index (χ1n) is 6.43. The summed E-state index contributed by atoms with van der Waals surface area (Å²) in [6, 6.07) is 10.6. The van der Waals surface area contributed by atoms with Crippen molar-refractivity contribution in [1.82, 2.24) is 0 Å². The second-order valence-electron chi connectivity index (χ2n) is 4.96. The lowest BCUT2D eigenvalue weighted by molar-refractivity contribution is 0.438. The van der Waals surface area contributed by atoms with Crippen LogP contribution in [-0.4, -0.2) is 6.04 Å². The second-order valence-corrected chi connectivity index (χ2v) is 5.87. The normalized spacial score (nSPS) is 12.2. The van der Waals surface area contributed by atoms with Gasteiger partial charge >= 0.3 is 0 Å². The fraction of sp³-hybridized carbons (Fsp3) is 0.250. The number of rotatable bonds is 4. The van der Waals surface area contributed by atoms with Crippen LogP contribution in [0.2, 0.25) is 0 Å². The van der Waals surface area contributed by atoms with Crippen LogP contribution < -0.4 is 10.5 Å². The summed E-state index contributed by atoms with van der Waals surface area (Å²) in [6.07, 6.45) is 0.646. The van der Waals surface area contributed by atoms with Gasteiger partial charge in [0.25, 0.3) is 0 Å². The van der Waals surface area contributed by atoms with Crippen LogP contribution in [0.4, 0.5) is 4.39 Å². The highest BCUT2D eigenvalue weighted by Crippen LogP contribution is 2.30. The van der Waals surface area contributed by atoms with E-state index in [1.54, 1.807) is 6.07 Å². The zero-order valence-corrected chi connectivity index (χ0v) is 13.1. The van der Waals surface area contributed by atoms with Crippen molar-refractivity contribution < 1.29 is 9.13 Å². The lowest BCUT2D eigenvalue weighted by atomic mass is 10.1. The molecule has 0 heterocycles. The summed E-state index contributed by atoms with van der Waals surface area (Å²) in [4.78, 5) is 0. The number of nitrogens with two attached hydrogens (primary N) is 1. The molecule has 2 aromatic rings. The van der Waals surface area contributed by atoms with E-state index in [4.69, 9.17) is 10.5 Å². The Labute approximate surface area is 126 Å². The van der Waals surface area contributed by atoms with Gasteiger partial charge in [-0.15, -0.1) is 0 Å². The second kappa shape index (κ2) is 6.37. The Balaban J connectivity index is 2.23. The summed E-state index contributed by atoms with van der Waals surface area (Å²) in [5, 5.41) is 0. The Morgan fingerprint density at radius 1 is 1.20 bits per heavy atom. The van der Waals surface area contributed by atoms with Crippen LogP contribution in [0, 0.1) is 12.7 Å². The molecule has 4 heteroatoms. The van der Waals surface area contributed by atoms with E-state index >= 15 is 0 Å². The Morgan fingerprint density at radius 3 is 2.60 bits per heavy atom. The molecule has 2 N–H and O–H groups in total. The maximum absolute atomic E-state index is 14.0. The zero-order chi connectivity index (χ0) is 14.7. The number of aryl methyl sites for hydroxylation is 1. The quantitative estimate of drug-likeness (QED) is 0.886. The number of hydrogen-bond donors (Lipinski definition) is 1. The first kappa shape index (κ1) is 15.0. The van der Waals surface area contributed by atoms with Crippen LogP contribution >= 0.6 is 15.9 Å². The topological polar surface area (TPSA) is 35.2 Å². The fourth-order valence-electron chi connectivity index (χ4n) is 1.93. The van der Waals surface area contributed by atoms with Gasteiger partial charge < -0.3 is 10.5 Å². The molecular formula is C16H17BrFNO. The third-order valence-electron chi connectivity index (χ3n) is 2.92. The summed E-state index contributed by atoms with van der Waals surface area (Å²) in [5.41, 5.74) is 7.54. The Hall–Kier alpha value is -1.39. The molecule has 2 rings (SSSR count). The van der Waals surface area contributed by atoms with Crippen LogP contribution in [0.1, 0.15) is 18.1 Å². The van der Waals surface area contributed by atoms with Crippen LogP contribution in [-0.2, 0) is 6.42 Å². The van der Waals surface area contributed by atoms with Gasteiger partial charge in [0, 0.05) is 10.5 Å². The molecule has 0 aromatic heterocycles. The number of hydrogen-bond acceptors (Lipinski definition) is 2. The molecule has 1 unspecified atom stereocenters. The van der Waals surface area contributed by atoms with Crippen molar-refractivity contribution in [3.8, 4) is 11.5 Å². The van der Waals surface area contributed by atoms with E-state index in [0.717, 1.165) is 15.6 Å². The molecule has 0 spiro atoms. The van der Waals surface area contributed by atoms with Crippen molar-refractivity contribution in [3.63, 3.8) is 0 Å². The monoisotopic (exact) mass is 337 g/mol. The van der Waals surface area contributed by atoms with Gasteiger partial charge in [0.1, 0.15) is 5.75 Å². The SMILES string of the molecule is Cc1ccc(Br)cc1Oc1ccc(CC(C)N)cc1F. The summed E-state index contributed by atoms with van der Waals surface area (Å²) < 4.78 is 20.6. The molecule has 0 fully saturated rings. The molecule has 0 radical (unpaired) electrons. The minimum Gasteiger partial charge on any atom is -0.454 e. The Kier molecular flexibility index (Phi) is 4.78. The van der Waals surface area contributed by atoms with Crippen molar-refractivity contribution in [3.05, 3.63) is 57.8 Å². The zero-order valence-electron chi connectivity index (χ0n) is 11.5. The molecule has 1 atom stereocenters. The molecular weight excluding hydrogens is 321 g/mol. The molecule has 0 bridgehead atoms. The predicted octanol–water partition coefficient (Wildman–Crippen LogP) is 4.58. The molecule has 0 saturated carbocycles. The third kappa shape index (κ3) is 3.81. The van der Waals surface area contributed by atoms with Crippen LogP contribution in [0.3, 0.4) is 0 Å². The maximum Gasteiger partial charge on any atom is 0.165 e. The third-order valence-corrected chi connectivity index (χ3v) is 3.42. The molecule has 2 nitrogen and oxygen atoms in total. The van der Waals surface area contributed by atoms with Crippen molar-refractivity contribution in [2.75, 3.05) is 0 Å². The van der Waals surface area contributed by atoms with Crippen LogP contribution in [0.5, 0.6) is 11.5 Å². The van der Waals surface area contributed by atoms with Crippen LogP contribution in [0.25, 0.3) is 0 Å². The van der Waals surface area contributed by atoms with E-state index in [0.29, 0.717) is 12.2 Å². The van der Waals surface area contributed by atoms with Gasteiger partial charge in [-0.05, 0) is 55.7 Å². The highest BCUT2D eigenvalue weighted by molar-refractivity contribution is 9.10. The van der Waals surface area contributed by atoms with E-state index in [1.807, 2.05) is 38.1 Å². The van der Waals surface area contributed by atoms with Gasteiger partial charge in [0.15, 0.2) is 11.6 Å². The number of benzene rings is 2. The largest absolute Gasteiger partial charge is 0.454 e. The van der Waals surface area contributed by atoms with E-state index < -0.39 is 0 Å². The summed E-state index contributed by atoms with van der Waals surface area (Å²) >= 11 is 3.38. The van der Waals surface area contributed by atoms with Gasteiger partial charge in [-0.3, -0.25) is 0 Å². The van der Waals surface area contributed by atoms with E-state index in [9.17, 15) is 4.39 Å². The first-order valence-corrected chi connectivity index (χ1v) is 7.23. The molecule has 0 saturated heterocycles. The molecule has 2 aromatic carbocycles. The van der Waals surface area contributed by atoms with E-state index in [-0.39, 0.29) is 17.6 Å². The average Bonchev–Trinajstić information content (AvgIpc) is 2.36. The molecule has 0 amide bonds. The minimum atomic E-state index is -0.373. The molecule has 0 aliphatic carbocycles. The maximum atomic E-state index is 14.0. The average molecular weight is 338 g/mol. The fourth-order valence-corrected chi connectivity index (χ4v) is 2.27. The first-order chi connectivity index (χ1) is 9.45. The highest BCUT2D eigenvalue weighted by Gasteiger charge is 2.09. The van der Waals surface area contributed by atoms with Gasteiger partial charge in [-0.25, -0.2) is 4.39 Å². The lowest BCUT2D eigenvalue weighted by Gasteiger charge is -2.11. The number of halogens is 2. The van der Waals surface area contributed by atoms with Gasteiger partial charge in [-0.1, -0.05) is 28.1 Å². The molecule has 0 aliphatic rings. The predicted molar refractivity (Wildman–Crippen MR) is 82.7 cm³/mol. The Bertz CT molecular complexity index is 613. The minimum absolute atomic E-state index is 0.00786. The molecule has 0 aliphatic heterocycles. The van der Waals surface area contributed by atoms with Gasteiger partial charge in [-0.2, -0.15) is 0 Å². The highest BCUT2D eigenvalue weighted by atomic mass is 79.9. The van der Waals surface area contributed by atoms with Crippen molar-refractivity contribution in [1.29, 1.82) is 0 Å². The lowest BCUT2D eigenvalue weighted by Crippen LogP contribution is -2.17. The van der Waals surface area contributed by atoms with E-state index in [2.05, 4.69) is 15.9 Å². The summed E-state index contributed by atoms with van der Waals surface area (Å²) in [5.74, 6) is 0.486. The summed E-state index contributed by atoms with van der Waals surface area (Å²) in [7, 11) is 0. The molecule has 20 heavy (non-hydrogen) atoms. The van der Waals surface area contributed by atoms with Crippen molar-refractivity contribution in [2.45, 2.75) is 26.3 Å². The van der Waals surface area contributed by atoms with Crippen LogP contribution in [0.15, 0.2) is 40.9 Å². The summed E-state index contributed by atoms with van der Waals surface area (Å²) in [6.45, 7) is 3.82. The molecule has 106 valence electrons. The van der Waals surface area contributed by atoms with E-state index in [1.165, 1.54) is 6.07 Å². The standard InChI is InChI=1S/C16H17BrFNO/c1-10-3-5-13(17)9-16(10)20-15-6-4-12(7-11(2)19)8-14(15)18/h3-6,8-9,11H,7,19H2,1-2H3. The Morgan fingerprint density at radius 2 is 1.95 bits per heavy atom.